The number of carbonyl (C=O) groups is 1. The zero-order chi connectivity index (χ0) is 15.8. The number of hydrogen-bond acceptors (Lipinski definition) is 3. The van der Waals surface area contributed by atoms with Crippen molar-refractivity contribution in [3.63, 3.8) is 0 Å². The van der Waals surface area contributed by atoms with Crippen molar-refractivity contribution in [3.8, 4) is 0 Å². The Balaban J connectivity index is 2.40. The van der Waals surface area contributed by atoms with Crippen molar-refractivity contribution >= 4 is 5.97 Å². The summed E-state index contributed by atoms with van der Waals surface area (Å²) in [7, 11) is 0. The van der Waals surface area contributed by atoms with Gasteiger partial charge in [-0.05, 0) is 44.9 Å². The van der Waals surface area contributed by atoms with E-state index < -0.39 is 5.97 Å². The Hall–Kier alpha value is -1.65. The highest BCUT2D eigenvalue weighted by Crippen LogP contribution is 2.40. The minimum atomic E-state index is -0.891. The lowest BCUT2D eigenvalue weighted by atomic mass is 9.75. The van der Waals surface area contributed by atoms with E-state index in [-0.39, 0.29) is 18.2 Å². The summed E-state index contributed by atoms with van der Waals surface area (Å²) in [6.07, 6.45) is 3.97. The monoisotopic (exact) mass is 292 g/mol. The van der Waals surface area contributed by atoms with E-state index >= 15 is 0 Å². The third-order valence-electron chi connectivity index (χ3n) is 4.71. The van der Waals surface area contributed by atoms with Crippen LogP contribution in [0.5, 0.6) is 0 Å². The van der Waals surface area contributed by atoms with E-state index in [2.05, 4.69) is 18.8 Å². The summed E-state index contributed by atoms with van der Waals surface area (Å²) in [5.74, 6) is -0.891. The van der Waals surface area contributed by atoms with Gasteiger partial charge in [-0.25, -0.2) is 4.79 Å². The predicted molar refractivity (Wildman–Crippen MR) is 80.6 cm³/mol. The van der Waals surface area contributed by atoms with Gasteiger partial charge in [-0.2, -0.15) is 4.98 Å². The van der Waals surface area contributed by atoms with Crippen LogP contribution < -0.4 is 5.69 Å². The average molecular weight is 292 g/mol. The Morgan fingerprint density at radius 3 is 2.43 bits per heavy atom. The van der Waals surface area contributed by atoms with Crippen molar-refractivity contribution in [1.29, 1.82) is 0 Å². The lowest BCUT2D eigenvalue weighted by molar-refractivity contribution is -0.136. The summed E-state index contributed by atoms with van der Waals surface area (Å²) < 4.78 is 1.72. The highest BCUT2D eigenvalue weighted by molar-refractivity contribution is 5.70. The third-order valence-corrected chi connectivity index (χ3v) is 4.71. The fourth-order valence-electron chi connectivity index (χ4n) is 3.29. The van der Waals surface area contributed by atoms with Crippen molar-refractivity contribution < 1.29 is 9.90 Å². The van der Waals surface area contributed by atoms with E-state index in [1.165, 1.54) is 0 Å². The maximum absolute atomic E-state index is 12.3. The third kappa shape index (κ3) is 3.34. The highest BCUT2D eigenvalue weighted by Gasteiger charge is 2.29. The summed E-state index contributed by atoms with van der Waals surface area (Å²) in [6.45, 7) is 8.05. The first-order valence-electron chi connectivity index (χ1n) is 7.52. The molecular formula is C16H24N2O3. The topological polar surface area (TPSA) is 72.2 Å². The molecule has 116 valence electrons. The molecule has 0 radical (unpaired) electrons. The molecule has 0 unspecified atom stereocenters. The number of aromatic nitrogens is 2. The molecule has 1 N–H and O–H groups in total. The predicted octanol–water partition coefficient (Wildman–Crippen LogP) is 2.63. The molecule has 21 heavy (non-hydrogen) atoms. The Morgan fingerprint density at radius 1 is 1.33 bits per heavy atom. The summed E-state index contributed by atoms with van der Waals surface area (Å²) in [4.78, 5) is 27.3. The van der Waals surface area contributed by atoms with Crippen LogP contribution in [0, 0.1) is 19.3 Å². The largest absolute Gasteiger partial charge is 0.481 e. The van der Waals surface area contributed by atoms with Gasteiger partial charge in [0, 0.05) is 23.0 Å². The molecule has 0 spiro atoms. The number of rotatable bonds is 3. The molecule has 5 heteroatoms. The molecule has 5 nitrogen and oxygen atoms in total. The molecule has 0 aliphatic heterocycles. The van der Waals surface area contributed by atoms with Crippen LogP contribution in [-0.4, -0.2) is 20.6 Å². The second-order valence-corrected chi connectivity index (χ2v) is 6.88. The van der Waals surface area contributed by atoms with Gasteiger partial charge in [0.15, 0.2) is 0 Å². The molecule has 1 aromatic rings. The van der Waals surface area contributed by atoms with Crippen LogP contribution in [0.3, 0.4) is 0 Å². The first kappa shape index (κ1) is 15.7. The highest BCUT2D eigenvalue weighted by atomic mass is 16.4. The summed E-state index contributed by atoms with van der Waals surface area (Å²) >= 11 is 0. The molecular weight excluding hydrogens is 268 g/mol. The number of aryl methyl sites for hydroxylation is 1. The Kier molecular flexibility index (Phi) is 4.21. The summed E-state index contributed by atoms with van der Waals surface area (Å²) in [6, 6.07) is 0.145. The van der Waals surface area contributed by atoms with Crippen LogP contribution in [0.4, 0.5) is 0 Å². The second-order valence-electron chi connectivity index (χ2n) is 6.88. The fraction of sp³-hybridized carbons (Fsp3) is 0.688. The van der Waals surface area contributed by atoms with Crippen molar-refractivity contribution in [1.82, 2.24) is 9.55 Å². The van der Waals surface area contributed by atoms with Gasteiger partial charge in [-0.3, -0.25) is 9.36 Å². The van der Waals surface area contributed by atoms with E-state index in [4.69, 9.17) is 5.11 Å². The minimum absolute atomic E-state index is 0.0802. The number of hydrogen-bond donors (Lipinski definition) is 1. The van der Waals surface area contributed by atoms with Gasteiger partial charge < -0.3 is 5.11 Å². The van der Waals surface area contributed by atoms with Gasteiger partial charge >= 0.3 is 11.7 Å². The number of carboxylic acids is 1. The average Bonchev–Trinajstić information content (AvgIpc) is 2.36. The van der Waals surface area contributed by atoms with E-state index in [0.29, 0.717) is 16.7 Å². The van der Waals surface area contributed by atoms with Crippen LogP contribution in [-0.2, 0) is 11.2 Å². The zero-order valence-corrected chi connectivity index (χ0v) is 13.3. The molecule has 2 rings (SSSR count). The first-order chi connectivity index (χ1) is 9.71. The van der Waals surface area contributed by atoms with Crippen molar-refractivity contribution in [2.45, 2.75) is 65.8 Å². The smallest absolute Gasteiger partial charge is 0.348 e. The molecule has 0 saturated heterocycles. The Labute approximate surface area is 125 Å². The van der Waals surface area contributed by atoms with Gasteiger partial charge in [0.1, 0.15) is 0 Å². The first-order valence-corrected chi connectivity index (χ1v) is 7.52. The molecule has 1 aromatic heterocycles. The second kappa shape index (κ2) is 5.62. The van der Waals surface area contributed by atoms with Gasteiger partial charge in [-0.15, -0.1) is 0 Å². The quantitative estimate of drug-likeness (QED) is 0.929. The number of carboxylic acid groups (broad SMARTS) is 1. The van der Waals surface area contributed by atoms with Crippen LogP contribution in [0.25, 0.3) is 0 Å². The van der Waals surface area contributed by atoms with Gasteiger partial charge in [-0.1, -0.05) is 13.8 Å². The normalized spacial score (nSPS) is 18.7. The SMILES string of the molecule is Cc1nc(=O)n(C2CCC(C)(C)CC2)c(C)c1CC(=O)O. The minimum Gasteiger partial charge on any atom is -0.481 e. The Bertz CT molecular complexity index is 607. The molecule has 0 atom stereocenters. The summed E-state index contributed by atoms with van der Waals surface area (Å²) in [5.41, 5.74) is 2.05. The van der Waals surface area contributed by atoms with Crippen molar-refractivity contribution in [3.05, 3.63) is 27.4 Å². The number of nitrogens with zero attached hydrogens (tertiary/aromatic N) is 2. The van der Waals surface area contributed by atoms with Crippen LogP contribution >= 0.6 is 0 Å². The summed E-state index contributed by atoms with van der Waals surface area (Å²) in [5, 5.41) is 9.04. The fourth-order valence-corrected chi connectivity index (χ4v) is 3.29. The van der Waals surface area contributed by atoms with Gasteiger partial charge in [0.05, 0.1) is 6.42 Å². The molecule has 0 aromatic carbocycles. The maximum Gasteiger partial charge on any atom is 0.348 e. The van der Waals surface area contributed by atoms with Crippen molar-refractivity contribution in [2.24, 2.45) is 5.41 Å². The van der Waals surface area contributed by atoms with Crippen LogP contribution in [0.2, 0.25) is 0 Å². The molecule has 0 amide bonds. The van der Waals surface area contributed by atoms with E-state index in [1.54, 1.807) is 11.5 Å². The van der Waals surface area contributed by atoms with Crippen molar-refractivity contribution in [2.75, 3.05) is 0 Å². The number of aliphatic carboxylic acids is 1. The molecule has 0 bridgehead atoms. The van der Waals surface area contributed by atoms with Gasteiger partial charge in [0.2, 0.25) is 0 Å². The molecule has 1 heterocycles. The van der Waals surface area contributed by atoms with Gasteiger partial charge in [0.25, 0.3) is 0 Å². The van der Waals surface area contributed by atoms with E-state index in [1.807, 2.05) is 6.92 Å². The molecule has 1 fully saturated rings. The van der Waals surface area contributed by atoms with Crippen LogP contribution in [0.15, 0.2) is 4.79 Å². The molecule has 1 aliphatic rings. The standard InChI is InChI=1S/C16H24N2O3/c1-10-13(9-14(19)20)11(2)18(15(21)17-10)12-5-7-16(3,4)8-6-12/h12H,5-9H2,1-4H3,(H,19,20). The molecule has 1 aliphatic carbocycles. The zero-order valence-electron chi connectivity index (χ0n) is 13.3. The lowest BCUT2D eigenvalue weighted by Gasteiger charge is -2.35. The Morgan fingerprint density at radius 2 is 1.90 bits per heavy atom. The van der Waals surface area contributed by atoms with E-state index in [0.717, 1.165) is 31.4 Å². The van der Waals surface area contributed by atoms with E-state index in [9.17, 15) is 9.59 Å². The van der Waals surface area contributed by atoms with Crippen LogP contribution in [0.1, 0.15) is 62.5 Å². The molecule has 1 saturated carbocycles. The maximum atomic E-state index is 12.3. The lowest BCUT2D eigenvalue weighted by Crippen LogP contribution is -2.34.